The minimum atomic E-state index is -1.03. The Morgan fingerprint density at radius 2 is 1.88 bits per heavy atom. The second-order valence-electron chi connectivity index (χ2n) is 6.22. The van der Waals surface area contributed by atoms with E-state index in [1.165, 1.54) is 30.6 Å². The molecule has 1 aliphatic rings. The Morgan fingerprint density at radius 1 is 1.16 bits per heavy atom. The molecule has 0 aliphatic heterocycles. The molecule has 1 amide bonds. The van der Waals surface area contributed by atoms with Crippen LogP contribution in [-0.4, -0.2) is 17.2 Å². The van der Waals surface area contributed by atoms with Crippen LogP contribution in [0.1, 0.15) is 58.8 Å². The molecule has 132 valence electrons. The molecule has 1 aromatic heterocycles. The molecule has 0 saturated heterocycles. The number of rotatable bonds is 5. The van der Waals surface area contributed by atoms with Gasteiger partial charge in [-0.15, -0.1) is 11.3 Å². The van der Waals surface area contributed by atoms with Crippen LogP contribution in [-0.2, 0) is 11.3 Å². The molecule has 1 fully saturated rings. The molecule has 1 aliphatic carbocycles. The second kappa shape index (κ2) is 8.16. The molecule has 3 rings (SSSR count). The highest BCUT2D eigenvalue weighted by molar-refractivity contribution is 7.16. The minimum absolute atomic E-state index is 0.141. The Hall–Kier alpha value is -2.34. The number of anilines is 1. The number of hydrogen-bond acceptors (Lipinski definition) is 4. The molecule has 0 radical (unpaired) electrons. The number of benzene rings is 1. The Balaban J connectivity index is 1.66. The normalized spacial score (nSPS) is 14.9. The molecule has 2 N–H and O–H groups in total. The van der Waals surface area contributed by atoms with Crippen LogP contribution in [0.2, 0.25) is 0 Å². The highest BCUT2D eigenvalue weighted by atomic mass is 32.1. The van der Waals surface area contributed by atoms with Gasteiger partial charge in [-0.2, -0.15) is 0 Å². The third kappa shape index (κ3) is 4.60. The predicted molar refractivity (Wildman–Crippen MR) is 97.4 cm³/mol. The zero-order valence-electron chi connectivity index (χ0n) is 13.9. The minimum Gasteiger partial charge on any atom is -0.478 e. The predicted octanol–water partition coefficient (Wildman–Crippen LogP) is 5.24. The van der Waals surface area contributed by atoms with Gasteiger partial charge in [-0.3, -0.25) is 5.32 Å². The van der Waals surface area contributed by atoms with Crippen molar-refractivity contribution in [2.45, 2.75) is 44.6 Å². The average molecular weight is 359 g/mol. The number of carbonyl (C=O) groups is 2. The molecule has 0 bridgehead atoms. The van der Waals surface area contributed by atoms with Gasteiger partial charge < -0.3 is 9.84 Å². The summed E-state index contributed by atoms with van der Waals surface area (Å²) in [5, 5.41) is 12.4. The lowest BCUT2D eigenvalue weighted by molar-refractivity contribution is 0.0698. The summed E-state index contributed by atoms with van der Waals surface area (Å²) in [6.07, 6.45) is 5.11. The van der Waals surface area contributed by atoms with Crippen LogP contribution in [0.3, 0.4) is 0 Å². The lowest BCUT2D eigenvalue weighted by Crippen LogP contribution is -2.14. The molecule has 6 heteroatoms. The first-order valence-electron chi connectivity index (χ1n) is 8.48. The topological polar surface area (TPSA) is 75.6 Å². The summed E-state index contributed by atoms with van der Waals surface area (Å²) in [5.41, 5.74) is 1.02. The van der Waals surface area contributed by atoms with Crippen molar-refractivity contribution >= 4 is 28.4 Å². The highest BCUT2D eigenvalue weighted by Crippen LogP contribution is 2.40. The molecule has 0 unspecified atom stereocenters. The maximum absolute atomic E-state index is 12.0. The standard InChI is InChI=1S/C19H21NO4S/c21-18(22)15-11-16(14-9-5-2-6-10-14)25-17(15)20-19(23)24-12-13-7-3-1-4-8-13/h1,3-4,7-8,11,14H,2,5-6,9-10,12H2,(H,20,23)(H,21,22). The molecule has 0 spiro atoms. The SMILES string of the molecule is O=C(Nc1sc(C2CCCCC2)cc1C(=O)O)OCc1ccccc1. The molecular weight excluding hydrogens is 338 g/mol. The Morgan fingerprint density at radius 3 is 2.56 bits per heavy atom. The van der Waals surface area contributed by atoms with Gasteiger partial charge in [0.2, 0.25) is 0 Å². The molecule has 1 aromatic carbocycles. The quantitative estimate of drug-likeness (QED) is 0.765. The smallest absolute Gasteiger partial charge is 0.412 e. The van der Waals surface area contributed by atoms with Gasteiger partial charge in [-0.25, -0.2) is 9.59 Å². The van der Waals surface area contributed by atoms with Crippen molar-refractivity contribution in [1.29, 1.82) is 0 Å². The van der Waals surface area contributed by atoms with Gasteiger partial charge in [0.1, 0.15) is 11.6 Å². The van der Waals surface area contributed by atoms with Crippen molar-refractivity contribution in [2.75, 3.05) is 5.32 Å². The van der Waals surface area contributed by atoms with Crippen LogP contribution in [0.25, 0.3) is 0 Å². The van der Waals surface area contributed by atoms with E-state index in [-0.39, 0.29) is 12.2 Å². The van der Waals surface area contributed by atoms with Gasteiger partial charge in [0.15, 0.2) is 0 Å². The van der Waals surface area contributed by atoms with Gasteiger partial charge in [0.25, 0.3) is 0 Å². The Bertz CT molecular complexity index is 735. The van der Waals surface area contributed by atoms with Crippen molar-refractivity contribution in [1.82, 2.24) is 0 Å². The van der Waals surface area contributed by atoms with E-state index in [0.717, 1.165) is 23.3 Å². The summed E-state index contributed by atoms with van der Waals surface area (Å²) in [6.45, 7) is 0.149. The summed E-state index contributed by atoms with van der Waals surface area (Å²) >= 11 is 1.35. The third-order valence-electron chi connectivity index (χ3n) is 4.42. The van der Waals surface area contributed by atoms with Crippen LogP contribution in [0.5, 0.6) is 0 Å². The van der Waals surface area contributed by atoms with Crippen molar-refractivity contribution in [3.05, 3.63) is 52.4 Å². The van der Waals surface area contributed by atoms with E-state index < -0.39 is 12.1 Å². The van der Waals surface area contributed by atoms with Crippen LogP contribution in [0.4, 0.5) is 9.80 Å². The number of amides is 1. The van der Waals surface area contributed by atoms with Gasteiger partial charge >= 0.3 is 12.1 Å². The summed E-state index contributed by atoms with van der Waals surface area (Å²) in [6, 6.07) is 11.1. The number of nitrogens with one attached hydrogen (secondary N) is 1. The zero-order chi connectivity index (χ0) is 17.6. The summed E-state index contributed by atoms with van der Waals surface area (Å²) < 4.78 is 5.19. The van der Waals surface area contributed by atoms with E-state index in [2.05, 4.69) is 5.32 Å². The molecular formula is C19H21NO4S. The third-order valence-corrected chi connectivity index (χ3v) is 5.63. The van der Waals surface area contributed by atoms with E-state index in [1.54, 1.807) is 6.07 Å². The maximum atomic E-state index is 12.0. The fraction of sp³-hybridized carbons (Fsp3) is 0.368. The summed E-state index contributed by atoms with van der Waals surface area (Å²) in [7, 11) is 0. The molecule has 1 saturated carbocycles. The van der Waals surface area contributed by atoms with Crippen molar-refractivity contribution in [3.8, 4) is 0 Å². The lowest BCUT2D eigenvalue weighted by Gasteiger charge is -2.19. The molecule has 0 atom stereocenters. The monoisotopic (exact) mass is 359 g/mol. The molecule has 1 heterocycles. The van der Waals surface area contributed by atoms with Crippen LogP contribution in [0.15, 0.2) is 36.4 Å². The largest absolute Gasteiger partial charge is 0.478 e. The fourth-order valence-corrected chi connectivity index (χ4v) is 4.31. The average Bonchev–Trinajstić information content (AvgIpc) is 3.06. The summed E-state index contributed by atoms with van der Waals surface area (Å²) in [4.78, 5) is 24.6. The van der Waals surface area contributed by atoms with Crippen molar-refractivity contribution in [3.63, 3.8) is 0 Å². The number of aromatic carboxylic acids is 1. The lowest BCUT2D eigenvalue weighted by atomic mass is 9.88. The first-order valence-corrected chi connectivity index (χ1v) is 9.30. The molecule has 2 aromatic rings. The van der Waals surface area contributed by atoms with E-state index in [1.807, 2.05) is 30.3 Å². The zero-order valence-corrected chi connectivity index (χ0v) is 14.7. The number of hydrogen-bond donors (Lipinski definition) is 2. The van der Waals surface area contributed by atoms with Crippen molar-refractivity contribution in [2.24, 2.45) is 0 Å². The first-order chi connectivity index (χ1) is 12.1. The molecule has 25 heavy (non-hydrogen) atoms. The number of carbonyl (C=O) groups excluding carboxylic acids is 1. The fourth-order valence-electron chi connectivity index (χ4n) is 3.10. The number of ether oxygens (including phenoxy) is 1. The second-order valence-corrected chi connectivity index (χ2v) is 7.30. The Kier molecular flexibility index (Phi) is 5.71. The van der Waals surface area contributed by atoms with E-state index in [9.17, 15) is 14.7 Å². The van der Waals surface area contributed by atoms with Gasteiger partial charge in [0.05, 0.1) is 5.56 Å². The first kappa shape index (κ1) is 17.5. The summed E-state index contributed by atoms with van der Waals surface area (Å²) in [5.74, 6) is -0.635. The van der Waals surface area contributed by atoms with E-state index in [0.29, 0.717) is 10.9 Å². The van der Waals surface area contributed by atoms with Crippen molar-refractivity contribution < 1.29 is 19.4 Å². The van der Waals surface area contributed by atoms with E-state index in [4.69, 9.17) is 4.74 Å². The maximum Gasteiger partial charge on any atom is 0.412 e. The van der Waals surface area contributed by atoms with Gasteiger partial charge in [0, 0.05) is 4.88 Å². The van der Waals surface area contributed by atoms with Crippen LogP contribution < -0.4 is 5.32 Å². The Labute approximate surface area is 150 Å². The highest BCUT2D eigenvalue weighted by Gasteiger charge is 2.23. The number of carboxylic acids is 1. The van der Waals surface area contributed by atoms with Gasteiger partial charge in [-0.1, -0.05) is 49.6 Å². The van der Waals surface area contributed by atoms with Crippen LogP contribution >= 0.6 is 11.3 Å². The number of thiophene rings is 1. The molecule has 5 nitrogen and oxygen atoms in total. The van der Waals surface area contributed by atoms with E-state index >= 15 is 0 Å². The van der Waals surface area contributed by atoms with Gasteiger partial charge in [-0.05, 0) is 30.4 Å². The number of carboxylic acid groups (broad SMARTS) is 1. The van der Waals surface area contributed by atoms with Crippen LogP contribution in [0, 0.1) is 0 Å².